The van der Waals surface area contributed by atoms with Gasteiger partial charge in [0, 0.05) is 35.9 Å². The monoisotopic (exact) mass is 317 g/mol. The van der Waals surface area contributed by atoms with Gasteiger partial charge in [0.05, 0.1) is 17.2 Å². The Morgan fingerprint density at radius 1 is 1.36 bits per heavy atom. The van der Waals surface area contributed by atoms with Gasteiger partial charge in [-0.25, -0.2) is 9.97 Å². The summed E-state index contributed by atoms with van der Waals surface area (Å²) >= 11 is 1.73. The van der Waals surface area contributed by atoms with Crippen molar-refractivity contribution in [1.29, 1.82) is 0 Å². The van der Waals surface area contributed by atoms with Crippen LogP contribution in [0.4, 0.5) is 0 Å². The van der Waals surface area contributed by atoms with E-state index in [4.69, 9.17) is 4.98 Å². The quantitative estimate of drug-likeness (QED) is 0.848. The van der Waals surface area contributed by atoms with Gasteiger partial charge in [0.15, 0.2) is 0 Å². The van der Waals surface area contributed by atoms with Crippen LogP contribution in [0.25, 0.3) is 0 Å². The third-order valence-electron chi connectivity index (χ3n) is 4.03. The van der Waals surface area contributed by atoms with Crippen LogP contribution in [-0.4, -0.2) is 45.4 Å². The maximum atomic E-state index is 4.80. The fourth-order valence-corrected chi connectivity index (χ4v) is 3.73. The third-order valence-corrected chi connectivity index (χ3v) is 4.79. The zero-order valence-corrected chi connectivity index (χ0v) is 14.3. The molecule has 5 nitrogen and oxygen atoms in total. The molecule has 22 heavy (non-hydrogen) atoms. The highest BCUT2D eigenvalue weighted by molar-refractivity contribution is 7.09. The van der Waals surface area contributed by atoms with Gasteiger partial charge < -0.3 is 4.90 Å². The van der Waals surface area contributed by atoms with Crippen LogP contribution >= 0.6 is 11.3 Å². The molecule has 6 heteroatoms. The summed E-state index contributed by atoms with van der Waals surface area (Å²) in [6.07, 6.45) is 6.39. The highest BCUT2D eigenvalue weighted by Gasteiger charge is 2.29. The molecule has 118 valence electrons. The maximum absolute atomic E-state index is 4.80. The summed E-state index contributed by atoms with van der Waals surface area (Å²) < 4.78 is 0. The van der Waals surface area contributed by atoms with Gasteiger partial charge in [-0.15, -0.1) is 11.3 Å². The van der Waals surface area contributed by atoms with Crippen LogP contribution in [0.1, 0.15) is 40.8 Å². The summed E-state index contributed by atoms with van der Waals surface area (Å²) in [5.74, 6) is 0.863. The first-order chi connectivity index (χ1) is 10.6. The molecule has 0 N–H and O–H groups in total. The fraction of sp³-hybridized carbons (Fsp3) is 0.562. The first-order valence-corrected chi connectivity index (χ1v) is 8.60. The van der Waals surface area contributed by atoms with Crippen LogP contribution < -0.4 is 0 Å². The Morgan fingerprint density at radius 3 is 2.95 bits per heavy atom. The van der Waals surface area contributed by atoms with Crippen LogP contribution in [0.3, 0.4) is 0 Å². The summed E-state index contributed by atoms with van der Waals surface area (Å²) in [5.41, 5.74) is 4.37. The van der Waals surface area contributed by atoms with E-state index >= 15 is 0 Å². The molecule has 0 amide bonds. The lowest BCUT2D eigenvalue weighted by atomic mass is 10.1. The van der Waals surface area contributed by atoms with Gasteiger partial charge in [0.1, 0.15) is 5.82 Å². The Hall–Kier alpha value is -1.37. The first-order valence-electron chi connectivity index (χ1n) is 7.72. The number of aryl methyl sites for hydroxylation is 1. The van der Waals surface area contributed by atoms with Crippen molar-refractivity contribution in [3.8, 4) is 0 Å². The molecular formula is C16H23N5S. The summed E-state index contributed by atoms with van der Waals surface area (Å²) in [7, 11) is 4.18. The minimum Gasteiger partial charge on any atom is -0.305 e. The Morgan fingerprint density at radius 2 is 2.23 bits per heavy atom. The van der Waals surface area contributed by atoms with Gasteiger partial charge in [-0.3, -0.25) is 9.88 Å². The van der Waals surface area contributed by atoms with E-state index in [0.717, 1.165) is 25.5 Å². The van der Waals surface area contributed by atoms with E-state index in [1.165, 1.54) is 29.0 Å². The molecule has 1 atom stereocenters. The molecule has 2 aromatic heterocycles. The molecule has 2 aromatic rings. The molecule has 0 bridgehead atoms. The lowest BCUT2D eigenvalue weighted by Crippen LogP contribution is -2.25. The molecule has 1 aliphatic rings. The molecule has 1 aliphatic heterocycles. The van der Waals surface area contributed by atoms with Gasteiger partial charge in [-0.2, -0.15) is 0 Å². The molecule has 0 aliphatic carbocycles. The average Bonchev–Trinajstić information content (AvgIpc) is 3.12. The van der Waals surface area contributed by atoms with E-state index in [2.05, 4.69) is 33.9 Å². The highest BCUT2D eigenvalue weighted by Crippen LogP contribution is 2.34. The van der Waals surface area contributed by atoms with Crippen molar-refractivity contribution in [3.63, 3.8) is 0 Å². The van der Waals surface area contributed by atoms with Gasteiger partial charge >= 0.3 is 0 Å². The van der Waals surface area contributed by atoms with Crippen molar-refractivity contribution in [1.82, 2.24) is 24.8 Å². The molecule has 0 spiro atoms. The molecule has 0 unspecified atom stereocenters. The third kappa shape index (κ3) is 3.51. The number of aromatic nitrogens is 3. The molecular weight excluding hydrogens is 294 g/mol. The number of thiazole rings is 1. The summed E-state index contributed by atoms with van der Waals surface area (Å²) in [4.78, 5) is 19.4. The summed E-state index contributed by atoms with van der Waals surface area (Å²) in [6.45, 7) is 4.97. The van der Waals surface area contributed by atoms with Crippen LogP contribution in [0.2, 0.25) is 0 Å². The van der Waals surface area contributed by atoms with Crippen molar-refractivity contribution in [2.75, 3.05) is 20.6 Å². The topological polar surface area (TPSA) is 45.2 Å². The molecule has 0 aromatic carbocycles. The van der Waals surface area contributed by atoms with Crippen molar-refractivity contribution >= 4 is 11.3 Å². The Balaban J connectivity index is 1.86. The largest absolute Gasteiger partial charge is 0.305 e. The Labute approximate surface area is 136 Å². The molecule has 1 saturated heterocycles. The first kappa shape index (κ1) is 15.5. The minimum atomic E-state index is 0.402. The van der Waals surface area contributed by atoms with Gasteiger partial charge in [-0.05, 0) is 40.4 Å². The van der Waals surface area contributed by atoms with E-state index in [-0.39, 0.29) is 0 Å². The second-order valence-electron chi connectivity index (χ2n) is 6.16. The zero-order valence-electron chi connectivity index (χ0n) is 13.5. The number of likely N-dealkylation sites (tertiary alicyclic amines) is 1. The smallest absolute Gasteiger partial charge is 0.125 e. The van der Waals surface area contributed by atoms with Crippen LogP contribution in [0.15, 0.2) is 17.9 Å². The van der Waals surface area contributed by atoms with E-state index in [1.807, 2.05) is 24.8 Å². The van der Waals surface area contributed by atoms with Gasteiger partial charge in [0.25, 0.3) is 0 Å². The van der Waals surface area contributed by atoms with Crippen LogP contribution in [-0.2, 0) is 13.1 Å². The molecule has 0 radical (unpaired) electrons. The van der Waals surface area contributed by atoms with Gasteiger partial charge in [-0.1, -0.05) is 0 Å². The van der Waals surface area contributed by atoms with Crippen molar-refractivity contribution in [2.24, 2.45) is 0 Å². The van der Waals surface area contributed by atoms with Crippen LogP contribution in [0, 0.1) is 6.92 Å². The second-order valence-corrected chi connectivity index (χ2v) is 7.13. The van der Waals surface area contributed by atoms with Crippen molar-refractivity contribution < 1.29 is 0 Å². The minimum absolute atomic E-state index is 0.402. The van der Waals surface area contributed by atoms with E-state index in [0.29, 0.717) is 6.04 Å². The predicted molar refractivity (Wildman–Crippen MR) is 88.7 cm³/mol. The number of hydrogen-bond donors (Lipinski definition) is 0. The lowest BCUT2D eigenvalue weighted by molar-refractivity contribution is 0.243. The maximum Gasteiger partial charge on any atom is 0.125 e. The highest BCUT2D eigenvalue weighted by atomic mass is 32.1. The van der Waals surface area contributed by atoms with Crippen LogP contribution in [0.5, 0.6) is 0 Å². The van der Waals surface area contributed by atoms with Crippen molar-refractivity contribution in [3.05, 3.63) is 39.9 Å². The number of nitrogens with zero attached hydrogens (tertiary/aromatic N) is 5. The standard InChI is InChI=1S/C16H23N5S/c1-12-18-7-13(9-20(2)3)16(19-12)15-5-4-6-21(15)10-14-8-17-11-22-14/h7-8,11,15H,4-6,9-10H2,1-3H3/t15-/m0/s1. The van der Waals surface area contributed by atoms with Crippen molar-refractivity contribution in [2.45, 2.75) is 38.9 Å². The molecule has 3 rings (SSSR count). The predicted octanol–water partition coefficient (Wildman–Crippen LogP) is 2.64. The van der Waals surface area contributed by atoms with E-state index in [1.54, 1.807) is 11.3 Å². The second kappa shape index (κ2) is 6.81. The SMILES string of the molecule is Cc1ncc(CN(C)C)c([C@@H]2CCCN2Cc2cncs2)n1. The zero-order chi connectivity index (χ0) is 15.5. The molecule has 3 heterocycles. The summed E-state index contributed by atoms with van der Waals surface area (Å²) in [5, 5.41) is 0. The normalized spacial score (nSPS) is 19.2. The Bertz CT molecular complexity index is 611. The number of hydrogen-bond acceptors (Lipinski definition) is 6. The van der Waals surface area contributed by atoms with Gasteiger partial charge in [0.2, 0.25) is 0 Å². The fourth-order valence-electron chi connectivity index (χ4n) is 3.11. The Kier molecular flexibility index (Phi) is 4.81. The number of rotatable bonds is 5. The molecule has 1 fully saturated rings. The molecule has 0 saturated carbocycles. The summed E-state index contributed by atoms with van der Waals surface area (Å²) in [6, 6.07) is 0.402. The lowest BCUT2D eigenvalue weighted by Gasteiger charge is -2.26. The van der Waals surface area contributed by atoms with E-state index in [9.17, 15) is 0 Å². The van der Waals surface area contributed by atoms with E-state index < -0.39 is 0 Å². The average molecular weight is 317 g/mol.